The predicted molar refractivity (Wildman–Crippen MR) is 85.1 cm³/mol. The highest BCUT2D eigenvalue weighted by Crippen LogP contribution is 2.23. The van der Waals surface area contributed by atoms with Crippen LogP contribution in [0.4, 0.5) is 4.39 Å². The van der Waals surface area contributed by atoms with Gasteiger partial charge in [-0.15, -0.1) is 0 Å². The number of imide groups is 1. The van der Waals surface area contributed by atoms with Crippen molar-refractivity contribution in [2.24, 2.45) is 0 Å². The van der Waals surface area contributed by atoms with Gasteiger partial charge in [-0.1, -0.05) is 12.1 Å². The van der Waals surface area contributed by atoms with Crippen molar-refractivity contribution in [3.63, 3.8) is 0 Å². The van der Waals surface area contributed by atoms with Gasteiger partial charge in [-0.2, -0.15) is 0 Å². The highest BCUT2D eigenvalue weighted by molar-refractivity contribution is 6.21. The lowest BCUT2D eigenvalue weighted by molar-refractivity contribution is 0.0693. The number of hydrogen-bond acceptors (Lipinski definition) is 3. The quantitative estimate of drug-likeness (QED) is 0.882. The third-order valence-corrected chi connectivity index (χ3v) is 4.05. The van der Waals surface area contributed by atoms with Crippen LogP contribution in [0.1, 0.15) is 49.6 Å². The molecule has 2 aromatic rings. The van der Waals surface area contributed by atoms with E-state index in [-0.39, 0.29) is 28.4 Å². The number of halogens is 1. The first-order valence-corrected chi connectivity index (χ1v) is 7.41. The third-order valence-electron chi connectivity index (χ3n) is 4.05. The van der Waals surface area contributed by atoms with Crippen LogP contribution in [0.3, 0.4) is 0 Å². The van der Waals surface area contributed by atoms with E-state index in [0.717, 1.165) is 4.90 Å². The molecule has 5 nitrogen and oxygen atoms in total. The van der Waals surface area contributed by atoms with Gasteiger partial charge >= 0.3 is 0 Å². The standard InChI is InChI=1S/C18H15FN2O3/c1-10(11-4-3-5-13(19)8-11)20-16(22)12-6-7-14-15(9-12)18(24)21(2)17(14)23/h3-10H,1-2H3,(H,20,22)/t10-/m1/s1. The number of carbonyl (C=O) groups is 3. The zero-order chi connectivity index (χ0) is 17.4. The number of amides is 3. The normalized spacial score (nSPS) is 14.5. The van der Waals surface area contributed by atoms with E-state index in [4.69, 9.17) is 0 Å². The van der Waals surface area contributed by atoms with Crippen molar-refractivity contribution >= 4 is 17.7 Å². The van der Waals surface area contributed by atoms with Crippen LogP contribution < -0.4 is 5.32 Å². The van der Waals surface area contributed by atoms with E-state index in [1.54, 1.807) is 19.1 Å². The van der Waals surface area contributed by atoms with Crippen LogP contribution in [-0.4, -0.2) is 29.7 Å². The number of hydrogen-bond donors (Lipinski definition) is 1. The molecule has 1 heterocycles. The van der Waals surface area contributed by atoms with Gasteiger partial charge in [-0.05, 0) is 42.8 Å². The molecule has 122 valence electrons. The van der Waals surface area contributed by atoms with Crippen LogP contribution in [0.5, 0.6) is 0 Å². The number of nitrogens with one attached hydrogen (secondary N) is 1. The molecule has 0 bridgehead atoms. The largest absolute Gasteiger partial charge is 0.346 e. The van der Waals surface area contributed by atoms with E-state index in [2.05, 4.69) is 5.32 Å². The minimum absolute atomic E-state index is 0.216. The Bertz CT molecular complexity index is 863. The first kappa shape index (κ1) is 15.9. The molecule has 0 aliphatic carbocycles. The summed E-state index contributed by atoms with van der Waals surface area (Å²) in [5.41, 5.74) is 1.41. The second-order valence-corrected chi connectivity index (χ2v) is 5.68. The predicted octanol–water partition coefficient (Wildman–Crippen LogP) is 2.54. The molecule has 0 aromatic heterocycles. The highest BCUT2D eigenvalue weighted by atomic mass is 19.1. The molecule has 0 radical (unpaired) electrons. The van der Waals surface area contributed by atoms with Crippen LogP contribution >= 0.6 is 0 Å². The van der Waals surface area contributed by atoms with Gasteiger partial charge in [0.25, 0.3) is 17.7 Å². The van der Waals surface area contributed by atoms with Crippen molar-refractivity contribution in [2.45, 2.75) is 13.0 Å². The molecule has 3 rings (SSSR count). The van der Waals surface area contributed by atoms with Crippen LogP contribution in [-0.2, 0) is 0 Å². The Labute approximate surface area is 138 Å². The number of carbonyl (C=O) groups excluding carboxylic acids is 3. The summed E-state index contributed by atoms with van der Waals surface area (Å²) in [6.07, 6.45) is 0. The number of benzene rings is 2. The molecule has 24 heavy (non-hydrogen) atoms. The topological polar surface area (TPSA) is 66.5 Å². The molecule has 1 aliphatic heterocycles. The average molecular weight is 326 g/mol. The molecule has 3 amide bonds. The van der Waals surface area contributed by atoms with Crippen LogP contribution in [0.2, 0.25) is 0 Å². The number of fused-ring (bicyclic) bond motifs is 1. The van der Waals surface area contributed by atoms with Crippen LogP contribution in [0.25, 0.3) is 0 Å². The summed E-state index contributed by atoms with van der Waals surface area (Å²) < 4.78 is 13.3. The van der Waals surface area contributed by atoms with Gasteiger partial charge in [0, 0.05) is 12.6 Å². The molecule has 1 atom stereocenters. The fourth-order valence-electron chi connectivity index (χ4n) is 2.64. The van der Waals surface area contributed by atoms with Crippen molar-refractivity contribution in [1.29, 1.82) is 0 Å². The minimum atomic E-state index is -0.428. The fraction of sp³-hybridized carbons (Fsp3) is 0.167. The van der Waals surface area contributed by atoms with E-state index in [9.17, 15) is 18.8 Å². The monoisotopic (exact) mass is 326 g/mol. The van der Waals surface area contributed by atoms with Gasteiger partial charge in [0.2, 0.25) is 0 Å². The lowest BCUT2D eigenvalue weighted by Gasteiger charge is -2.14. The molecule has 0 unspecified atom stereocenters. The molecule has 0 fully saturated rings. The fourth-order valence-corrected chi connectivity index (χ4v) is 2.64. The Morgan fingerprint density at radius 3 is 2.50 bits per heavy atom. The molecular weight excluding hydrogens is 311 g/mol. The van der Waals surface area contributed by atoms with Crippen molar-refractivity contribution in [2.75, 3.05) is 7.05 Å². The van der Waals surface area contributed by atoms with Crippen molar-refractivity contribution in [1.82, 2.24) is 10.2 Å². The average Bonchev–Trinajstić information content (AvgIpc) is 2.79. The molecule has 2 aromatic carbocycles. The van der Waals surface area contributed by atoms with Crippen LogP contribution in [0.15, 0.2) is 42.5 Å². The molecule has 0 spiro atoms. The van der Waals surface area contributed by atoms with Gasteiger partial charge in [0.05, 0.1) is 17.2 Å². The Morgan fingerprint density at radius 1 is 1.08 bits per heavy atom. The maximum absolute atomic E-state index is 13.3. The van der Waals surface area contributed by atoms with Gasteiger partial charge < -0.3 is 5.32 Å². The maximum atomic E-state index is 13.3. The summed E-state index contributed by atoms with van der Waals surface area (Å²) in [7, 11) is 1.40. The first-order chi connectivity index (χ1) is 11.4. The molecule has 0 saturated heterocycles. The van der Waals surface area contributed by atoms with Crippen molar-refractivity contribution < 1.29 is 18.8 Å². The Morgan fingerprint density at radius 2 is 1.79 bits per heavy atom. The smallest absolute Gasteiger partial charge is 0.261 e. The van der Waals surface area contributed by atoms with Gasteiger partial charge in [0.15, 0.2) is 0 Å². The molecule has 1 aliphatic rings. The Kier molecular flexibility index (Phi) is 3.89. The molecule has 6 heteroatoms. The summed E-state index contributed by atoms with van der Waals surface area (Å²) in [6, 6.07) is 9.95. The molecule has 1 N–H and O–H groups in total. The maximum Gasteiger partial charge on any atom is 0.261 e. The molecule has 0 saturated carbocycles. The summed E-state index contributed by atoms with van der Waals surface area (Å²) in [4.78, 5) is 37.2. The zero-order valence-corrected chi connectivity index (χ0v) is 13.2. The Balaban J connectivity index is 1.82. The first-order valence-electron chi connectivity index (χ1n) is 7.41. The summed E-state index contributed by atoms with van der Waals surface area (Å²) >= 11 is 0. The van der Waals surface area contributed by atoms with Gasteiger partial charge in [-0.25, -0.2) is 4.39 Å². The zero-order valence-electron chi connectivity index (χ0n) is 13.2. The number of rotatable bonds is 3. The van der Waals surface area contributed by atoms with E-state index in [1.165, 1.54) is 37.4 Å². The highest BCUT2D eigenvalue weighted by Gasteiger charge is 2.33. The van der Waals surface area contributed by atoms with E-state index in [1.807, 2.05) is 0 Å². The Hall–Kier alpha value is -3.02. The SMILES string of the molecule is C[C@@H](NC(=O)c1ccc2c(c1)C(=O)N(C)C2=O)c1cccc(F)c1. The van der Waals surface area contributed by atoms with E-state index < -0.39 is 17.9 Å². The van der Waals surface area contributed by atoms with Gasteiger partial charge in [0.1, 0.15) is 5.82 Å². The van der Waals surface area contributed by atoms with Crippen LogP contribution in [0, 0.1) is 5.82 Å². The summed E-state index contributed by atoms with van der Waals surface area (Å²) in [5, 5.41) is 2.75. The third kappa shape index (κ3) is 2.67. The second kappa shape index (κ2) is 5.88. The van der Waals surface area contributed by atoms with Gasteiger partial charge in [-0.3, -0.25) is 19.3 Å². The van der Waals surface area contributed by atoms with Crippen molar-refractivity contribution in [3.8, 4) is 0 Å². The van der Waals surface area contributed by atoms with E-state index in [0.29, 0.717) is 5.56 Å². The summed E-state index contributed by atoms with van der Waals surface area (Å²) in [6.45, 7) is 1.74. The number of nitrogens with zero attached hydrogens (tertiary/aromatic N) is 1. The lowest BCUT2D eigenvalue weighted by atomic mass is 10.0. The lowest BCUT2D eigenvalue weighted by Crippen LogP contribution is -2.27. The van der Waals surface area contributed by atoms with E-state index >= 15 is 0 Å². The molecular formula is C18H15FN2O3. The van der Waals surface area contributed by atoms with Crippen molar-refractivity contribution in [3.05, 3.63) is 70.5 Å². The second-order valence-electron chi connectivity index (χ2n) is 5.68. The summed E-state index contributed by atoms with van der Waals surface area (Å²) in [5.74, 6) is -1.58. The minimum Gasteiger partial charge on any atom is -0.346 e.